The second kappa shape index (κ2) is 8.00. The van der Waals surface area contributed by atoms with E-state index in [9.17, 15) is 8.42 Å². The highest BCUT2D eigenvalue weighted by Gasteiger charge is 2.15. The van der Waals surface area contributed by atoms with E-state index in [2.05, 4.69) is 4.72 Å². The van der Waals surface area contributed by atoms with Crippen molar-refractivity contribution < 1.29 is 13.2 Å². The van der Waals surface area contributed by atoms with Crippen molar-refractivity contribution in [1.82, 2.24) is 4.72 Å². The van der Waals surface area contributed by atoms with Gasteiger partial charge in [0.2, 0.25) is 10.0 Å². The number of rotatable bonds is 9. The van der Waals surface area contributed by atoms with Crippen LogP contribution in [0.4, 0.5) is 0 Å². The average Bonchev–Trinajstić information content (AvgIpc) is 2.15. The lowest BCUT2D eigenvalue weighted by atomic mass is 10.2. The lowest BCUT2D eigenvalue weighted by Gasteiger charge is -2.16. The molecule has 0 saturated carbocycles. The molecule has 0 aromatic heterocycles. The fourth-order valence-electron chi connectivity index (χ4n) is 1.25. The molecule has 1 atom stereocenters. The third-order valence-corrected chi connectivity index (χ3v) is 3.55. The van der Waals surface area contributed by atoms with Crippen LogP contribution in [-0.4, -0.2) is 39.5 Å². The summed E-state index contributed by atoms with van der Waals surface area (Å²) in [7, 11) is -3.24. The Bertz CT molecular complexity index is 265. The normalized spacial score (nSPS) is 14.3. The van der Waals surface area contributed by atoms with Crippen LogP contribution in [0, 0.1) is 0 Å². The standard InChI is InChI=1S/C10H24N2O3S/c1-4-10(5-6-11)12-16(13,14)8-7-15-9(2)3/h9-10,12H,4-8,11H2,1-3H3. The van der Waals surface area contributed by atoms with Crippen molar-refractivity contribution in [3.8, 4) is 0 Å². The molecule has 5 nitrogen and oxygen atoms in total. The monoisotopic (exact) mass is 252 g/mol. The summed E-state index contributed by atoms with van der Waals surface area (Å²) >= 11 is 0. The van der Waals surface area contributed by atoms with Crippen LogP contribution in [0.15, 0.2) is 0 Å². The summed E-state index contributed by atoms with van der Waals surface area (Å²) in [5.41, 5.74) is 5.40. The third-order valence-electron chi connectivity index (χ3n) is 2.16. The SMILES string of the molecule is CCC(CCN)NS(=O)(=O)CCOC(C)C. The van der Waals surface area contributed by atoms with Crippen LogP contribution in [0.5, 0.6) is 0 Å². The van der Waals surface area contributed by atoms with Gasteiger partial charge in [-0.2, -0.15) is 0 Å². The van der Waals surface area contributed by atoms with Gasteiger partial charge in [0.25, 0.3) is 0 Å². The summed E-state index contributed by atoms with van der Waals surface area (Å²) in [5, 5.41) is 0. The molecular formula is C10H24N2O3S. The van der Waals surface area contributed by atoms with Crippen molar-refractivity contribution in [2.45, 2.75) is 45.8 Å². The van der Waals surface area contributed by atoms with E-state index in [0.29, 0.717) is 13.0 Å². The number of hydrogen-bond acceptors (Lipinski definition) is 4. The van der Waals surface area contributed by atoms with E-state index in [-0.39, 0.29) is 24.5 Å². The van der Waals surface area contributed by atoms with Crippen molar-refractivity contribution >= 4 is 10.0 Å². The van der Waals surface area contributed by atoms with Crippen molar-refractivity contribution in [2.75, 3.05) is 18.9 Å². The number of sulfonamides is 1. The molecule has 0 heterocycles. The Morgan fingerprint density at radius 3 is 2.44 bits per heavy atom. The van der Waals surface area contributed by atoms with E-state index in [1.54, 1.807) is 0 Å². The molecule has 0 fully saturated rings. The molecule has 98 valence electrons. The molecule has 0 amide bonds. The summed E-state index contributed by atoms with van der Waals surface area (Å²) in [4.78, 5) is 0. The van der Waals surface area contributed by atoms with Crippen molar-refractivity contribution in [3.05, 3.63) is 0 Å². The zero-order chi connectivity index (χ0) is 12.6. The molecule has 1 unspecified atom stereocenters. The van der Waals surface area contributed by atoms with Crippen LogP contribution in [0.3, 0.4) is 0 Å². The van der Waals surface area contributed by atoms with E-state index in [4.69, 9.17) is 10.5 Å². The van der Waals surface area contributed by atoms with Crippen LogP contribution in [0.1, 0.15) is 33.6 Å². The van der Waals surface area contributed by atoms with Gasteiger partial charge in [-0.3, -0.25) is 0 Å². The average molecular weight is 252 g/mol. The fraction of sp³-hybridized carbons (Fsp3) is 1.00. The molecule has 0 bridgehead atoms. The van der Waals surface area contributed by atoms with Gasteiger partial charge in [-0.25, -0.2) is 13.1 Å². The maximum Gasteiger partial charge on any atom is 0.214 e. The first-order valence-electron chi connectivity index (χ1n) is 5.73. The largest absolute Gasteiger partial charge is 0.378 e. The second-order valence-electron chi connectivity index (χ2n) is 4.04. The molecule has 0 spiro atoms. The van der Waals surface area contributed by atoms with Crippen LogP contribution < -0.4 is 10.5 Å². The lowest BCUT2D eigenvalue weighted by molar-refractivity contribution is 0.0911. The Morgan fingerprint density at radius 1 is 1.38 bits per heavy atom. The van der Waals surface area contributed by atoms with Crippen molar-refractivity contribution in [3.63, 3.8) is 0 Å². The fourth-order valence-corrected chi connectivity index (χ4v) is 2.48. The van der Waals surface area contributed by atoms with Gasteiger partial charge in [0.1, 0.15) is 0 Å². The van der Waals surface area contributed by atoms with Gasteiger partial charge in [0.15, 0.2) is 0 Å². The van der Waals surface area contributed by atoms with E-state index in [0.717, 1.165) is 6.42 Å². The predicted molar refractivity (Wildman–Crippen MR) is 65.8 cm³/mol. The Morgan fingerprint density at radius 2 is 2.00 bits per heavy atom. The van der Waals surface area contributed by atoms with Gasteiger partial charge in [-0.15, -0.1) is 0 Å². The highest BCUT2D eigenvalue weighted by atomic mass is 32.2. The van der Waals surface area contributed by atoms with E-state index < -0.39 is 10.0 Å². The molecule has 0 saturated heterocycles. The second-order valence-corrected chi connectivity index (χ2v) is 5.91. The van der Waals surface area contributed by atoms with E-state index in [1.165, 1.54) is 0 Å². The molecular weight excluding hydrogens is 228 g/mol. The molecule has 0 aliphatic rings. The zero-order valence-corrected chi connectivity index (χ0v) is 11.2. The van der Waals surface area contributed by atoms with E-state index in [1.807, 2.05) is 20.8 Å². The van der Waals surface area contributed by atoms with Gasteiger partial charge in [0, 0.05) is 6.04 Å². The quantitative estimate of drug-likeness (QED) is 0.624. The smallest absolute Gasteiger partial charge is 0.214 e. The summed E-state index contributed by atoms with van der Waals surface area (Å²) in [6.45, 7) is 6.41. The Balaban J connectivity index is 4.02. The van der Waals surface area contributed by atoms with Crippen molar-refractivity contribution in [2.24, 2.45) is 5.73 Å². The van der Waals surface area contributed by atoms with Gasteiger partial charge in [0.05, 0.1) is 18.5 Å². The highest BCUT2D eigenvalue weighted by molar-refractivity contribution is 7.89. The first-order valence-corrected chi connectivity index (χ1v) is 7.38. The van der Waals surface area contributed by atoms with Crippen LogP contribution in [0.2, 0.25) is 0 Å². The number of nitrogens with two attached hydrogens (primary N) is 1. The van der Waals surface area contributed by atoms with Crippen LogP contribution in [0.25, 0.3) is 0 Å². The topological polar surface area (TPSA) is 81.4 Å². The minimum absolute atomic E-state index is 0.00620. The Labute approximate surface area is 98.8 Å². The van der Waals surface area contributed by atoms with Crippen LogP contribution in [-0.2, 0) is 14.8 Å². The summed E-state index contributed by atoms with van der Waals surface area (Å²) in [6.07, 6.45) is 1.48. The molecule has 0 aliphatic heterocycles. The summed E-state index contributed by atoms with van der Waals surface area (Å²) in [5.74, 6) is 0.00620. The maximum absolute atomic E-state index is 11.6. The van der Waals surface area contributed by atoms with E-state index >= 15 is 0 Å². The maximum atomic E-state index is 11.6. The Hall–Kier alpha value is -0.170. The summed E-state index contributed by atoms with van der Waals surface area (Å²) < 4.78 is 31.1. The third kappa shape index (κ3) is 8.04. The minimum Gasteiger partial charge on any atom is -0.378 e. The highest BCUT2D eigenvalue weighted by Crippen LogP contribution is 2.00. The lowest BCUT2D eigenvalue weighted by Crippen LogP contribution is -2.38. The first-order chi connectivity index (χ1) is 7.41. The molecule has 6 heteroatoms. The Kier molecular flexibility index (Phi) is 7.91. The zero-order valence-electron chi connectivity index (χ0n) is 10.4. The minimum atomic E-state index is -3.24. The first kappa shape index (κ1) is 15.8. The van der Waals surface area contributed by atoms with Gasteiger partial charge >= 0.3 is 0 Å². The van der Waals surface area contributed by atoms with Gasteiger partial charge in [-0.05, 0) is 33.2 Å². The molecule has 0 aromatic rings. The number of nitrogens with one attached hydrogen (secondary N) is 1. The summed E-state index contributed by atoms with van der Waals surface area (Å²) in [6, 6.07) is -0.0611. The number of hydrogen-bond donors (Lipinski definition) is 2. The molecule has 0 radical (unpaired) electrons. The molecule has 3 N–H and O–H groups in total. The molecule has 0 rings (SSSR count). The van der Waals surface area contributed by atoms with Crippen molar-refractivity contribution in [1.29, 1.82) is 0 Å². The predicted octanol–water partition coefficient (Wildman–Crippen LogP) is 0.458. The van der Waals surface area contributed by atoms with Gasteiger partial charge in [-0.1, -0.05) is 6.92 Å². The van der Waals surface area contributed by atoms with Crippen LogP contribution >= 0.6 is 0 Å². The molecule has 16 heavy (non-hydrogen) atoms. The van der Waals surface area contributed by atoms with Gasteiger partial charge < -0.3 is 10.5 Å². The molecule has 0 aliphatic carbocycles. The molecule has 0 aromatic carbocycles. The number of ether oxygens (including phenoxy) is 1.